The zero-order valence-corrected chi connectivity index (χ0v) is 11.0. The van der Waals surface area contributed by atoms with Gasteiger partial charge >= 0.3 is 0 Å². The first-order chi connectivity index (χ1) is 7.88. The molecule has 0 saturated heterocycles. The van der Waals surface area contributed by atoms with E-state index in [1.54, 1.807) is 0 Å². The molecule has 1 aliphatic carbocycles. The second kappa shape index (κ2) is 4.17. The second-order valence-electron chi connectivity index (χ2n) is 5.79. The number of nitrogens with one attached hydrogen (secondary N) is 2. The molecule has 0 unspecified atom stereocenters. The molecule has 0 amide bonds. The van der Waals surface area contributed by atoms with Gasteiger partial charge in [-0.2, -0.15) is 0 Å². The number of aromatic nitrogens is 2. The Morgan fingerprint density at radius 2 is 2.12 bits per heavy atom. The van der Waals surface area contributed by atoms with Crippen molar-refractivity contribution in [3.8, 4) is 0 Å². The van der Waals surface area contributed by atoms with Gasteiger partial charge in [0, 0.05) is 17.5 Å². The monoisotopic (exact) mass is 235 g/mol. The molecule has 1 aliphatic rings. The van der Waals surface area contributed by atoms with Crippen LogP contribution in [-0.2, 0) is 0 Å². The fourth-order valence-electron chi connectivity index (χ4n) is 2.05. The Morgan fingerprint density at radius 1 is 1.47 bits per heavy atom. The molecule has 1 aromatic rings. The van der Waals surface area contributed by atoms with Gasteiger partial charge in [0.05, 0.1) is 0 Å². The number of anilines is 1. The topological polar surface area (TPSA) is 57.8 Å². The minimum absolute atomic E-state index is 0.0229. The molecule has 2 N–H and O–H groups in total. The predicted octanol–water partition coefficient (Wildman–Crippen LogP) is 2.49. The van der Waals surface area contributed by atoms with Crippen LogP contribution in [0.4, 0.5) is 5.82 Å². The van der Waals surface area contributed by atoms with Crippen LogP contribution in [0.25, 0.3) is 0 Å². The number of nitrogens with zero attached hydrogens (tertiary/aromatic N) is 1. The molecular weight excluding hydrogens is 214 g/mol. The summed E-state index contributed by atoms with van der Waals surface area (Å²) in [5.41, 5.74) is -0.0625. The van der Waals surface area contributed by atoms with Gasteiger partial charge in [-0.1, -0.05) is 13.8 Å². The van der Waals surface area contributed by atoms with Gasteiger partial charge in [-0.05, 0) is 32.6 Å². The van der Waals surface area contributed by atoms with Crippen LogP contribution in [0.2, 0.25) is 0 Å². The van der Waals surface area contributed by atoms with E-state index in [1.807, 2.05) is 13.8 Å². The van der Waals surface area contributed by atoms with Gasteiger partial charge in [-0.15, -0.1) is 0 Å². The van der Waals surface area contributed by atoms with Gasteiger partial charge in [0.1, 0.15) is 11.6 Å². The van der Waals surface area contributed by atoms with Crippen molar-refractivity contribution in [2.75, 3.05) is 5.32 Å². The maximum atomic E-state index is 11.6. The summed E-state index contributed by atoms with van der Waals surface area (Å²) in [4.78, 5) is 18.8. The van der Waals surface area contributed by atoms with Gasteiger partial charge in [0.15, 0.2) is 0 Å². The molecule has 1 heterocycles. The van der Waals surface area contributed by atoms with Crippen molar-refractivity contribution in [2.24, 2.45) is 5.92 Å². The quantitative estimate of drug-likeness (QED) is 0.843. The number of H-pyrrole nitrogens is 1. The molecule has 0 spiro atoms. The average Bonchev–Trinajstić information content (AvgIpc) is 2.98. The van der Waals surface area contributed by atoms with Crippen LogP contribution in [0, 0.1) is 5.92 Å². The highest BCUT2D eigenvalue weighted by molar-refractivity contribution is 5.37. The van der Waals surface area contributed by atoms with Crippen LogP contribution in [0.15, 0.2) is 10.9 Å². The van der Waals surface area contributed by atoms with E-state index in [1.165, 1.54) is 18.9 Å². The molecule has 1 saturated carbocycles. The molecule has 0 aromatic carbocycles. The first-order valence-electron chi connectivity index (χ1n) is 6.28. The van der Waals surface area contributed by atoms with E-state index in [0.717, 1.165) is 5.82 Å². The summed E-state index contributed by atoms with van der Waals surface area (Å²) in [6.07, 6.45) is 2.53. The van der Waals surface area contributed by atoms with Crippen molar-refractivity contribution in [3.63, 3.8) is 0 Å². The average molecular weight is 235 g/mol. The minimum Gasteiger partial charge on any atom is -0.365 e. The lowest BCUT2D eigenvalue weighted by atomic mass is 9.99. The molecule has 17 heavy (non-hydrogen) atoms. The summed E-state index contributed by atoms with van der Waals surface area (Å²) in [5, 5.41) is 3.39. The summed E-state index contributed by atoms with van der Waals surface area (Å²) in [7, 11) is 0. The molecule has 94 valence electrons. The number of rotatable bonds is 4. The Morgan fingerprint density at radius 3 is 2.65 bits per heavy atom. The Kier molecular flexibility index (Phi) is 2.98. The molecular formula is C13H21N3O. The summed E-state index contributed by atoms with van der Waals surface area (Å²) >= 11 is 0. The summed E-state index contributed by atoms with van der Waals surface area (Å²) < 4.78 is 0. The van der Waals surface area contributed by atoms with Gasteiger partial charge in [-0.3, -0.25) is 4.79 Å². The standard InChI is InChI=1S/C13H21N3O/c1-8(2)12-14-10(7-11(17)15-12)16-13(3,4)9-5-6-9/h7-9H,5-6H2,1-4H3,(H2,14,15,16,17). The van der Waals surface area contributed by atoms with Crippen LogP contribution in [0.3, 0.4) is 0 Å². The van der Waals surface area contributed by atoms with Crippen LogP contribution in [0.5, 0.6) is 0 Å². The molecule has 0 bridgehead atoms. The van der Waals surface area contributed by atoms with Crippen LogP contribution in [0.1, 0.15) is 52.3 Å². The molecule has 1 aromatic heterocycles. The molecule has 0 atom stereocenters. The molecule has 0 aliphatic heterocycles. The lowest BCUT2D eigenvalue weighted by molar-refractivity contribution is 0.491. The highest BCUT2D eigenvalue weighted by atomic mass is 16.1. The first-order valence-corrected chi connectivity index (χ1v) is 6.28. The highest BCUT2D eigenvalue weighted by Crippen LogP contribution is 2.40. The SMILES string of the molecule is CC(C)c1nc(NC(C)(C)C2CC2)cc(=O)[nH]1. The number of hydrogen-bond donors (Lipinski definition) is 2. The maximum Gasteiger partial charge on any atom is 0.252 e. The Labute approximate surface area is 102 Å². The third kappa shape index (κ3) is 2.87. The van der Waals surface area contributed by atoms with Crippen LogP contribution < -0.4 is 10.9 Å². The maximum absolute atomic E-state index is 11.6. The molecule has 4 nitrogen and oxygen atoms in total. The van der Waals surface area contributed by atoms with Crippen molar-refractivity contribution >= 4 is 5.82 Å². The van der Waals surface area contributed by atoms with Gasteiger partial charge in [-0.25, -0.2) is 4.98 Å². The molecule has 1 fully saturated rings. The van der Waals surface area contributed by atoms with Gasteiger partial charge < -0.3 is 10.3 Å². The van der Waals surface area contributed by atoms with Crippen molar-refractivity contribution in [2.45, 2.75) is 52.0 Å². The zero-order valence-electron chi connectivity index (χ0n) is 11.0. The van der Waals surface area contributed by atoms with E-state index in [-0.39, 0.29) is 17.0 Å². The molecule has 4 heteroatoms. The first kappa shape index (κ1) is 12.1. The minimum atomic E-state index is -0.0854. The lowest BCUT2D eigenvalue weighted by Crippen LogP contribution is -2.34. The van der Waals surface area contributed by atoms with Crippen molar-refractivity contribution in [1.82, 2.24) is 9.97 Å². The number of hydrogen-bond acceptors (Lipinski definition) is 3. The highest BCUT2D eigenvalue weighted by Gasteiger charge is 2.37. The van der Waals surface area contributed by atoms with E-state index in [0.29, 0.717) is 11.7 Å². The number of aromatic amines is 1. The zero-order chi connectivity index (χ0) is 12.6. The van der Waals surface area contributed by atoms with Crippen LogP contribution >= 0.6 is 0 Å². The normalized spacial score (nSPS) is 16.3. The van der Waals surface area contributed by atoms with Crippen molar-refractivity contribution in [1.29, 1.82) is 0 Å². The molecule has 2 rings (SSSR count). The third-order valence-electron chi connectivity index (χ3n) is 3.36. The Balaban J connectivity index is 2.23. The molecule has 0 radical (unpaired) electrons. The summed E-state index contributed by atoms with van der Waals surface area (Å²) in [6.45, 7) is 8.38. The van der Waals surface area contributed by atoms with E-state index in [4.69, 9.17) is 0 Å². The second-order valence-corrected chi connectivity index (χ2v) is 5.79. The van der Waals surface area contributed by atoms with E-state index in [9.17, 15) is 4.79 Å². The Hall–Kier alpha value is -1.32. The lowest BCUT2D eigenvalue weighted by Gasteiger charge is -2.27. The van der Waals surface area contributed by atoms with Gasteiger partial charge in [0.25, 0.3) is 5.56 Å². The van der Waals surface area contributed by atoms with E-state index >= 15 is 0 Å². The summed E-state index contributed by atoms with van der Waals surface area (Å²) in [5.74, 6) is 2.36. The summed E-state index contributed by atoms with van der Waals surface area (Å²) in [6, 6.07) is 1.54. The fourth-order valence-corrected chi connectivity index (χ4v) is 2.05. The Bertz CT molecular complexity index is 458. The smallest absolute Gasteiger partial charge is 0.252 e. The van der Waals surface area contributed by atoms with E-state index in [2.05, 4.69) is 29.1 Å². The van der Waals surface area contributed by atoms with E-state index < -0.39 is 0 Å². The predicted molar refractivity (Wildman–Crippen MR) is 69.4 cm³/mol. The van der Waals surface area contributed by atoms with Crippen molar-refractivity contribution < 1.29 is 0 Å². The van der Waals surface area contributed by atoms with Crippen LogP contribution in [-0.4, -0.2) is 15.5 Å². The third-order valence-corrected chi connectivity index (χ3v) is 3.36. The largest absolute Gasteiger partial charge is 0.365 e. The van der Waals surface area contributed by atoms with Crippen molar-refractivity contribution in [3.05, 3.63) is 22.2 Å². The fraction of sp³-hybridized carbons (Fsp3) is 0.692. The van der Waals surface area contributed by atoms with Gasteiger partial charge in [0.2, 0.25) is 0 Å².